The standard InChI is InChI=1S/C5H13N2O/c1-7(8)4-2-6-3-5-7/h6,8H,2-5H2,1H3/q+1. The van der Waals surface area contributed by atoms with Crippen LogP contribution in [0.4, 0.5) is 0 Å². The van der Waals surface area contributed by atoms with Crippen molar-refractivity contribution in [2.45, 2.75) is 0 Å². The topological polar surface area (TPSA) is 32.3 Å². The molecule has 0 unspecified atom stereocenters. The number of piperazine rings is 1. The molecule has 8 heavy (non-hydrogen) atoms. The van der Waals surface area contributed by atoms with Crippen molar-refractivity contribution in [2.24, 2.45) is 0 Å². The van der Waals surface area contributed by atoms with E-state index in [-0.39, 0.29) is 4.65 Å². The van der Waals surface area contributed by atoms with Crippen molar-refractivity contribution in [3.05, 3.63) is 0 Å². The summed E-state index contributed by atoms with van der Waals surface area (Å²) < 4.78 is 0.188. The third kappa shape index (κ3) is 1.43. The molecule has 0 radical (unpaired) electrons. The van der Waals surface area contributed by atoms with E-state index in [0.29, 0.717) is 0 Å². The van der Waals surface area contributed by atoms with Gasteiger partial charge >= 0.3 is 0 Å². The van der Waals surface area contributed by atoms with Gasteiger partial charge in [-0.15, -0.1) is 0 Å². The molecule has 0 aromatic rings. The van der Waals surface area contributed by atoms with Gasteiger partial charge in [-0.05, 0) is 0 Å². The van der Waals surface area contributed by atoms with Gasteiger partial charge in [0.25, 0.3) is 0 Å². The Bertz CT molecular complexity index is 74.5. The third-order valence-electron chi connectivity index (χ3n) is 1.54. The molecule has 0 bridgehead atoms. The van der Waals surface area contributed by atoms with Gasteiger partial charge in [0.05, 0.1) is 7.05 Å². The maximum atomic E-state index is 9.27. The Hall–Kier alpha value is -0.120. The lowest BCUT2D eigenvalue weighted by atomic mass is 10.4. The van der Waals surface area contributed by atoms with E-state index in [1.165, 1.54) is 0 Å². The average molecular weight is 117 g/mol. The highest BCUT2D eigenvalue weighted by molar-refractivity contribution is 4.49. The molecule has 1 heterocycles. The van der Waals surface area contributed by atoms with Crippen LogP contribution in [0.2, 0.25) is 0 Å². The average Bonchev–Trinajstić information content (AvgIpc) is 1.65. The normalized spacial score (nSPS) is 27.8. The molecule has 3 heteroatoms. The van der Waals surface area contributed by atoms with Crippen molar-refractivity contribution in [1.29, 1.82) is 0 Å². The fraction of sp³-hybridized carbons (Fsp3) is 1.00. The van der Waals surface area contributed by atoms with Gasteiger partial charge in [0.1, 0.15) is 13.1 Å². The predicted octanol–water partition coefficient (Wildman–Crippen LogP) is -0.575. The first-order valence-electron chi connectivity index (χ1n) is 2.99. The van der Waals surface area contributed by atoms with E-state index in [0.717, 1.165) is 26.2 Å². The molecule has 0 aromatic heterocycles. The van der Waals surface area contributed by atoms with Crippen LogP contribution in [0.15, 0.2) is 0 Å². The molecule has 0 aliphatic carbocycles. The summed E-state index contributed by atoms with van der Waals surface area (Å²) in [6.45, 7) is 3.54. The van der Waals surface area contributed by atoms with Crippen LogP contribution in [0, 0.1) is 0 Å². The van der Waals surface area contributed by atoms with Gasteiger partial charge in [0.15, 0.2) is 0 Å². The Kier molecular flexibility index (Phi) is 1.51. The lowest BCUT2D eigenvalue weighted by Crippen LogP contribution is -2.53. The number of rotatable bonds is 0. The number of quaternary nitrogens is 1. The molecule has 0 saturated carbocycles. The van der Waals surface area contributed by atoms with Crippen LogP contribution in [-0.2, 0) is 0 Å². The Labute approximate surface area is 49.5 Å². The lowest BCUT2D eigenvalue weighted by Gasteiger charge is -2.29. The zero-order valence-electron chi connectivity index (χ0n) is 5.22. The zero-order chi connectivity index (χ0) is 6.04. The molecule has 0 spiro atoms. The Morgan fingerprint density at radius 1 is 1.38 bits per heavy atom. The molecule has 48 valence electrons. The maximum absolute atomic E-state index is 9.27. The van der Waals surface area contributed by atoms with Gasteiger partial charge in [-0.2, -0.15) is 4.65 Å². The second-order valence-corrected chi connectivity index (χ2v) is 2.54. The van der Waals surface area contributed by atoms with Crippen molar-refractivity contribution in [3.63, 3.8) is 0 Å². The minimum Gasteiger partial charge on any atom is -0.306 e. The quantitative estimate of drug-likeness (QED) is 0.416. The Morgan fingerprint density at radius 2 is 1.88 bits per heavy atom. The number of hydrogen-bond acceptors (Lipinski definition) is 2. The van der Waals surface area contributed by atoms with Crippen LogP contribution in [0.1, 0.15) is 0 Å². The Morgan fingerprint density at radius 3 is 2.12 bits per heavy atom. The maximum Gasteiger partial charge on any atom is 0.121 e. The number of likely N-dealkylation sites (N-methyl/N-ethyl adjacent to an activating group) is 1. The van der Waals surface area contributed by atoms with Gasteiger partial charge in [0, 0.05) is 13.1 Å². The van der Waals surface area contributed by atoms with Crippen molar-refractivity contribution >= 4 is 0 Å². The number of hydrogen-bond donors (Lipinski definition) is 2. The molecule has 0 atom stereocenters. The van der Waals surface area contributed by atoms with E-state index >= 15 is 0 Å². The van der Waals surface area contributed by atoms with E-state index < -0.39 is 0 Å². The van der Waals surface area contributed by atoms with Gasteiger partial charge in [0.2, 0.25) is 0 Å². The van der Waals surface area contributed by atoms with Crippen molar-refractivity contribution in [3.8, 4) is 0 Å². The molecule has 0 aromatic carbocycles. The summed E-state index contributed by atoms with van der Waals surface area (Å²) >= 11 is 0. The molecule has 2 N–H and O–H groups in total. The first kappa shape index (κ1) is 6.01. The minimum absolute atomic E-state index is 0.188. The Balaban J connectivity index is 2.33. The summed E-state index contributed by atoms with van der Waals surface area (Å²) in [5.41, 5.74) is 0. The van der Waals surface area contributed by atoms with Crippen LogP contribution in [-0.4, -0.2) is 43.1 Å². The van der Waals surface area contributed by atoms with Crippen LogP contribution in [0.25, 0.3) is 0 Å². The van der Waals surface area contributed by atoms with Crippen LogP contribution in [0.3, 0.4) is 0 Å². The monoisotopic (exact) mass is 117 g/mol. The molecule has 1 saturated heterocycles. The van der Waals surface area contributed by atoms with E-state index in [4.69, 9.17) is 0 Å². The van der Waals surface area contributed by atoms with Gasteiger partial charge < -0.3 is 5.32 Å². The molecule has 1 fully saturated rings. The summed E-state index contributed by atoms with van der Waals surface area (Å²) in [5.74, 6) is 0. The first-order chi connectivity index (χ1) is 3.71. The summed E-state index contributed by atoms with van der Waals surface area (Å²) in [6.07, 6.45) is 0. The van der Waals surface area contributed by atoms with E-state index in [1.54, 1.807) is 0 Å². The summed E-state index contributed by atoms with van der Waals surface area (Å²) in [6, 6.07) is 0. The van der Waals surface area contributed by atoms with E-state index in [9.17, 15) is 5.21 Å². The summed E-state index contributed by atoms with van der Waals surface area (Å²) in [5, 5.41) is 12.4. The summed E-state index contributed by atoms with van der Waals surface area (Å²) in [4.78, 5) is 0. The molecule has 3 nitrogen and oxygen atoms in total. The minimum atomic E-state index is 0.188. The fourth-order valence-corrected chi connectivity index (χ4v) is 0.877. The largest absolute Gasteiger partial charge is 0.306 e. The van der Waals surface area contributed by atoms with E-state index in [1.807, 2.05) is 7.05 Å². The SMILES string of the molecule is C[N+]1(O)CCNCC1. The molecule has 1 aliphatic rings. The molecule has 1 aliphatic heterocycles. The van der Waals surface area contributed by atoms with Gasteiger partial charge in [-0.3, -0.25) is 0 Å². The summed E-state index contributed by atoms with van der Waals surface area (Å²) in [7, 11) is 1.83. The van der Waals surface area contributed by atoms with Gasteiger partial charge in [-0.1, -0.05) is 0 Å². The van der Waals surface area contributed by atoms with Crippen LogP contribution in [0.5, 0.6) is 0 Å². The number of nitrogens with one attached hydrogen (secondary N) is 1. The second-order valence-electron chi connectivity index (χ2n) is 2.54. The van der Waals surface area contributed by atoms with Gasteiger partial charge in [-0.25, -0.2) is 5.21 Å². The molecular weight excluding hydrogens is 104 g/mol. The molecular formula is C5H13N2O+. The van der Waals surface area contributed by atoms with Crippen LogP contribution >= 0.6 is 0 Å². The smallest absolute Gasteiger partial charge is 0.121 e. The predicted molar refractivity (Wildman–Crippen MR) is 30.6 cm³/mol. The number of nitrogens with zero attached hydrogens (tertiary/aromatic N) is 1. The zero-order valence-corrected chi connectivity index (χ0v) is 5.22. The molecule has 1 rings (SSSR count). The second kappa shape index (κ2) is 2.01. The highest BCUT2D eigenvalue weighted by Crippen LogP contribution is 1.96. The molecule has 0 amide bonds. The van der Waals surface area contributed by atoms with E-state index in [2.05, 4.69) is 5.32 Å². The third-order valence-corrected chi connectivity index (χ3v) is 1.54. The van der Waals surface area contributed by atoms with Crippen molar-refractivity contribution in [2.75, 3.05) is 33.2 Å². The first-order valence-corrected chi connectivity index (χ1v) is 2.99. The number of hydroxylamine groups is 3. The highest BCUT2D eigenvalue weighted by atomic mass is 16.5. The fourth-order valence-electron chi connectivity index (χ4n) is 0.877. The lowest BCUT2D eigenvalue weighted by molar-refractivity contribution is -1.09. The van der Waals surface area contributed by atoms with Crippen LogP contribution < -0.4 is 5.32 Å². The van der Waals surface area contributed by atoms with Crippen molar-refractivity contribution in [1.82, 2.24) is 5.32 Å². The van der Waals surface area contributed by atoms with Crippen molar-refractivity contribution < 1.29 is 9.85 Å². The highest BCUT2D eigenvalue weighted by Gasteiger charge is 2.20.